The van der Waals surface area contributed by atoms with Crippen LogP contribution in [-0.2, 0) is 4.79 Å². The predicted molar refractivity (Wildman–Crippen MR) is 156 cm³/mol. The first-order valence-electron chi connectivity index (χ1n) is 13.9. The number of urea groups is 1. The number of unbranched alkanes of at least 4 members (excludes halogenated alkanes) is 1. The highest BCUT2D eigenvalue weighted by molar-refractivity contribution is 7.99. The number of aromatic nitrogens is 1. The zero-order valence-corrected chi connectivity index (χ0v) is 23.5. The van der Waals surface area contributed by atoms with E-state index in [2.05, 4.69) is 29.1 Å². The molecule has 2 fully saturated rings. The lowest BCUT2D eigenvalue weighted by atomic mass is 9.81. The Balaban J connectivity index is 1.41. The molecule has 9 heteroatoms. The molecule has 0 bridgehead atoms. The first-order valence-corrected chi connectivity index (χ1v) is 15.1. The minimum absolute atomic E-state index is 0.0681. The summed E-state index contributed by atoms with van der Waals surface area (Å²) in [5, 5.41) is 5.86. The minimum Gasteiger partial charge on any atom is -0.494 e. The zero-order chi connectivity index (χ0) is 27.6. The van der Waals surface area contributed by atoms with E-state index in [9.17, 15) is 14.0 Å². The van der Waals surface area contributed by atoms with E-state index in [1.165, 1.54) is 6.07 Å². The Labute approximate surface area is 235 Å². The van der Waals surface area contributed by atoms with Gasteiger partial charge in [0.05, 0.1) is 12.8 Å². The van der Waals surface area contributed by atoms with Gasteiger partial charge in [0.2, 0.25) is 6.41 Å². The number of imide groups is 1. The second kappa shape index (κ2) is 14.4. The van der Waals surface area contributed by atoms with Crippen molar-refractivity contribution in [1.29, 1.82) is 0 Å². The van der Waals surface area contributed by atoms with Crippen molar-refractivity contribution in [2.45, 2.75) is 76.3 Å². The van der Waals surface area contributed by atoms with Crippen molar-refractivity contribution in [3.05, 3.63) is 60.1 Å². The van der Waals surface area contributed by atoms with Gasteiger partial charge in [0.25, 0.3) is 0 Å². The SMILES string of the molecule is C=C(NC1CCC(c2cc(F)cnc2N(C(=O)NC=O)C2CCSCC2)CC1)c1ccc(OCCCC)cc1. The highest BCUT2D eigenvalue weighted by Gasteiger charge is 2.33. The quantitative estimate of drug-likeness (QED) is 0.252. The van der Waals surface area contributed by atoms with E-state index >= 15 is 0 Å². The molecule has 1 aromatic carbocycles. The van der Waals surface area contributed by atoms with E-state index in [0.717, 1.165) is 98.2 Å². The summed E-state index contributed by atoms with van der Waals surface area (Å²) in [6.07, 6.45) is 8.74. The van der Waals surface area contributed by atoms with Crippen LogP contribution < -0.4 is 20.3 Å². The molecule has 1 saturated carbocycles. The monoisotopic (exact) mass is 554 g/mol. The molecule has 2 aromatic rings. The maximum Gasteiger partial charge on any atom is 0.329 e. The van der Waals surface area contributed by atoms with Gasteiger partial charge in [0.1, 0.15) is 17.4 Å². The lowest BCUT2D eigenvalue weighted by Crippen LogP contribution is -2.48. The van der Waals surface area contributed by atoms with Crippen LogP contribution in [0.15, 0.2) is 43.1 Å². The van der Waals surface area contributed by atoms with Crippen molar-refractivity contribution in [2.24, 2.45) is 0 Å². The van der Waals surface area contributed by atoms with Crippen LogP contribution in [0, 0.1) is 5.82 Å². The molecule has 2 heterocycles. The number of nitrogens with zero attached hydrogens (tertiary/aromatic N) is 2. The van der Waals surface area contributed by atoms with Crippen LogP contribution in [0.3, 0.4) is 0 Å². The van der Waals surface area contributed by atoms with E-state index in [0.29, 0.717) is 12.2 Å². The maximum absolute atomic E-state index is 14.4. The highest BCUT2D eigenvalue weighted by Crippen LogP contribution is 2.39. The number of thioether (sulfide) groups is 1. The van der Waals surface area contributed by atoms with Gasteiger partial charge in [0, 0.05) is 23.3 Å². The molecular weight excluding hydrogens is 515 g/mol. The summed E-state index contributed by atoms with van der Waals surface area (Å²) in [4.78, 5) is 30.1. The van der Waals surface area contributed by atoms with E-state index in [4.69, 9.17) is 4.74 Å². The molecule has 0 radical (unpaired) electrons. The number of pyridine rings is 1. The van der Waals surface area contributed by atoms with Gasteiger partial charge in [0.15, 0.2) is 0 Å². The Kier molecular flexibility index (Phi) is 10.6. The van der Waals surface area contributed by atoms with Crippen molar-refractivity contribution in [2.75, 3.05) is 23.0 Å². The van der Waals surface area contributed by atoms with Crippen LogP contribution in [0.25, 0.3) is 5.70 Å². The standard InChI is InChI=1S/C30H39FN4O3S/c1-3-4-15-38-27-11-7-22(8-12-27)21(2)34-25-9-5-23(6-10-25)28-18-24(31)19-32-29(28)35(30(37)33-20-36)26-13-16-39-17-14-26/h7-8,11-12,18-20,23,25-26,34H,2-6,9-10,13-17H2,1H3,(H,33,36,37). The van der Waals surface area contributed by atoms with Crippen LogP contribution in [-0.4, -0.2) is 47.6 Å². The normalized spacial score (nSPS) is 19.6. The highest BCUT2D eigenvalue weighted by atomic mass is 32.2. The third-order valence-electron chi connectivity index (χ3n) is 7.56. The molecule has 1 aliphatic carbocycles. The second-order valence-electron chi connectivity index (χ2n) is 10.2. The van der Waals surface area contributed by atoms with Gasteiger partial charge >= 0.3 is 6.03 Å². The number of carbonyl (C=O) groups is 2. The molecule has 2 N–H and O–H groups in total. The number of carbonyl (C=O) groups excluding carboxylic acids is 2. The zero-order valence-electron chi connectivity index (χ0n) is 22.7. The summed E-state index contributed by atoms with van der Waals surface area (Å²) in [7, 11) is 0. The van der Waals surface area contributed by atoms with Gasteiger partial charge in [-0.05, 0) is 98.3 Å². The molecule has 1 aliphatic heterocycles. The number of hydrogen-bond donors (Lipinski definition) is 2. The molecule has 0 unspecified atom stereocenters. The van der Waals surface area contributed by atoms with Gasteiger partial charge in [-0.25, -0.2) is 14.2 Å². The lowest BCUT2D eigenvalue weighted by Gasteiger charge is -2.36. The molecule has 210 valence electrons. The third-order valence-corrected chi connectivity index (χ3v) is 8.61. The molecular formula is C30H39FN4O3S. The van der Waals surface area contributed by atoms with Crippen molar-refractivity contribution in [3.63, 3.8) is 0 Å². The summed E-state index contributed by atoms with van der Waals surface area (Å²) in [5.74, 6) is 2.85. The largest absolute Gasteiger partial charge is 0.494 e. The second-order valence-corrected chi connectivity index (χ2v) is 11.5. The van der Waals surface area contributed by atoms with Gasteiger partial charge in [-0.1, -0.05) is 19.9 Å². The molecule has 39 heavy (non-hydrogen) atoms. The molecule has 1 saturated heterocycles. The molecule has 0 atom stereocenters. The minimum atomic E-state index is -0.504. The van der Waals surface area contributed by atoms with Gasteiger partial charge in [-0.2, -0.15) is 11.8 Å². The summed E-state index contributed by atoms with van der Waals surface area (Å²) in [6.45, 7) is 7.11. The number of benzene rings is 1. The van der Waals surface area contributed by atoms with Crippen molar-refractivity contribution >= 4 is 35.7 Å². The summed E-state index contributed by atoms with van der Waals surface area (Å²) in [5.41, 5.74) is 2.64. The van der Waals surface area contributed by atoms with Gasteiger partial charge in [-0.15, -0.1) is 0 Å². The average Bonchev–Trinajstić information content (AvgIpc) is 2.95. The predicted octanol–water partition coefficient (Wildman–Crippen LogP) is 6.25. The van der Waals surface area contributed by atoms with Gasteiger partial charge in [-0.3, -0.25) is 15.0 Å². The number of ether oxygens (including phenoxy) is 1. The van der Waals surface area contributed by atoms with E-state index in [1.807, 2.05) is 36.0 Å². The van der Waals surface area contributed by atoms with Crippen molar-refractivity contribution in [3.8, 4) is 5.75 Å². The Bertz CT molecular complexity index is 1120. The third kappa shape index (κ3) is 7.75. The van der Waals surface area contributed by atoms with Crippen molar-refractivity contribution in [1.82, 2.24) is 15.6 Å². The molecule has 2 aliphatic rings. The summed E-state index contributed by atoms with van der Waals surface area (Å²) < 4.78 is 20.2. The van der Waals surface area contributed by atoms with E-state index in [1.54, 1.807) is 4.90 Å². The van der Waals surface area contributed by atoms with Crippen LogP contribution in [0.2, 0.25) is 0 Å². The molecule has 0 spiro atoms. The molecule has 7 nitrogen and oxygen atoms in total. The summed E-state index contributed by atoms with van der Waals surface area (Å²) in [6, 6.07) is 9.19. The topological polar surface area (TPSA) is 83.6 Å². The molecule has 1 aromatic heterocycles. The van der Waals surface area contributed by atoms with Crippen LogP contribution in [0.4, 0.5) is 15.0 Å². The summed E-state index contributed by atoms with van der Waals surface area (Å²) >= 11 is 1.85. The number of amides is 3. The number of rotatable bonds is 11. The first kappa shape index (κ1) is 28.9. The number of nitrogens with one attached hydrogen (secondary N) is 2. The molecule has 3 amide bonds. The number of hydrogen-bond acceptors (Lipinski definition) is 6. The van der Waals surface area contributed by atoms with Crippen LogP contribution >= 0.6 is 11.8 Å². The first-order chi connectivity index (χ1) is 19.0. The van der Waals surface area contributed by atoms with Crippen molar-refractivity contribution < 1.29 is 18.7 Å². The van der Waals surface area contributed by atoms with Crippen LogP contribution in [0.1, 0.15) is 75.3 Å². The molecule has 4 rings (SSSR count). The fourth-order valence-electron chi connectivity index (χ4n) is 5.41. The smallest absolute Gasteiger partial charge is 0.329 e. The van der Waals surface area contributed by atoms with E-state index < -0.39 is 11.8 Å². The maximum atomic E-state index is 14.4. The number of halogens is 1. The Morgan fingerprint density at radius 2 is 1.90 bits per heavy atom. The van der Waals surface area contributed by atoms with Gasteiger partial charge < -0.3 is 10.1 Å². The Morgan fingerprint density at radius 1 is 1.18 bits per heavy atom. The Morgan fingerprint density at radius 3 is 2.56 bits per heavy atom. The van der Waals surface area contributed by atoms with Crippen LogP contribution in [0.5, 0.6) is 5.75 Å². The fourth-order valence-corrected chi connectivity index (χ4v) is 6.49. The average molecular weight is 555 g/mol. The fraction of sp³-hybridized carbons (Fsp3) is 0.500. The Hall–Kier alpha value is -3.07. The van der Waals surface area contributed by atoms with E-state index in [-0.39, 0.29) is 18.0 Å². The lowest BCUT2D eigenvalue weighted by molar-refractivity contribution is -0.108. The number of anilines is 1.